The molecule has 2 N–H and O–H groups in total. The Bertz CT molecular complexity index is 750. The van der Waals surface area contributed by atoms with Gasteiger partial charge in [-0.05, 0) is 24.6 Å². The van der Waals surface area contributed by atoms with Crippen molar-refractivity contribution >= 4 is 16.0 Å². The molecule has 1 atom stereocenters. The first-order chi connectivity index (χ1) is 11.0. The highest BCUT2D eigenvalue weighted by Gasteiger charge is 2.38. The number of hydrogen-bond donors (Lipinski definition) is 2. The quantitative estimate of drug-likeness (QED) is 0.881. The van der Waals surface area contributed by atoms with Crippen molar-refractivity contribution < 1.29 is 27.1 Å². The lowest BCUT2D eigenvalue weighted by Gasteiger charge is -2.25. The van der Waals surface area contributed by atoms with Crippen LogP contribution in [0, 0.1) is 11.6 Å². The zero-order valence-electron chi connectivity index (χ0n) is 13.0. The van der Waals surface area contributed by atoms with Gasteiger partial charge in [-0.1, -0.05) is 36.4 Å². The van der Waals surface area contributed by atoms with E-state index >= 15 is 0 Å². The van der Waals surface area contributed by atoms with E-state index in [9.17, 15) is 22.0 Å². The Kier molecular flexibility index (Phi) is 6.56. The molecule has 0 bridgehead atoms. The van der Waals surface area contributed by atoms with Crippen molar-refractivity contribution in [3.05, 3.63) is 71.8 Å². The van der Waals surface area contributed by atoms with Crippen LogP contribution in [0.4, 0.5) is 8.78 Å². The molecule has 0 aliphatic rings. The molecule has 0 fully saturated rings. The van der Waals surface area contributed by atoms with Crippen LogP contribution in [-0.4, -0.2) is 25.7 Å². The van der Waals surface area contributed by atoms with Gasteiger partial charge < -0.3 is 5.11 Å². The first-order valence-corrected chi connectivity index (χ1v) is 8.62. The zero-order chi connectivity index (χ0) is 18.4. The second kappa shape index (κ2) is 7.98. The molecule has 24 heavy (non-hydrogen) atoms. The molecule has 0 spiro atoms. The Labute approximate surface area is 139 Å². The highest BCUT2D eigenvalue weighted by molar-refractivity contribution is 7.88. The summed E-state index contributed by atoms with van der Waals surface area (Å²) in [5.41, 5.74) is -2.48. The van der Waals surface area contributed by atoms with Crippen LogP contribution in [0.15, 0.2) is 54.6 Å². The smallest absolute Gasteiger partial charge is 0.329 e. The van der Waals surface area contributed by atoms with E-state index in [1.54, 1.807) is 0 Å². The fourth-order valence-corrected chi connectivity index (χ4v) is 2.77. The second-order valence-electron chi connectivity index (χ2n) is 5.12. The largest absolute Gasteiger partial charge is 0.480 e. The highest BCUT2D eigenvalue weighted by Crippen LogP contribution is 2.24. The van der Waals surface area contributed by atoms with Crippen molar-refractivity contribution in [1.29, 1.82) is 0 Å². The van der Waals surface area contributed by atoms with Crippen LogP contribution in [0.25, 0.3) is 0 Å². The van der Waals surface area contributed by atoms with Gasteiger partial charge in [0.25, 0.3) is 0 Å². The lowest BCUT2D eigenvalue weighted by molar-refractivity contribution is -0.143. The number of carbonyl (C=O) groups is 1. The van der Waals surface area contributed by atoms with Gasteiger partial charge in [0.1, 0.15) is 11.6 Å². The molecule has 130 valence electrons. The lowest BCUT2D eigenvalue weighted by Crippen LogP contribution is -2.49. The third-order valence-corrected chi connectivity index (χ3v) is 3.70. The van der Waals surface area contributed by atoms with Crippen LogP contribution in [0.2, 0.25) is 0 Å². The fraction of sp³-hybridized carbons (Fsp3) is 0.188. The predicted molar refractivity (Wildman–Crippen MR) is 85.8 cm³/mol. The molecule has 0 radical (unpaired) electrons. The summed E-state index contributed by atoms with van der Waals surface area (Å²) in [6.45, 7) is 1.00. The summed E-state index contributed by atoms with van der Waals surface area (Å²) in [4.78, 5) is 11.2. The van der Waals surface area contributed by atoms with Gasteiger partial charge in [-0.3, -0.25) is 0 Å². The summed E-state index contributed by atoms with van der Waals surface area (Å²) in [5, 5.41) is 9.06. The number of nitrogens with one attached hydrogen (secondary N) is 1. The van der Waals surface area contributed by atoms with Gasteiger partial charge >= 0.3 is 5.97 Å². The van der Waals surface area contributed by atoms with Crippen molar-refractivity contribution in [3.63, 3.8) is 0 Å². The van der Waals surface area contributed by atoms with E-state index < -0.39 is 33.2 Å². The average molecular weight is 357 g/mol. The number of rotatable bonds is 4. The highest BCUT2D eigenvalue weighted by atomic mass is 32.2. The molecule has 0 saturated carbocycles. The van der Waals surface area contributed by atoms with Crippen LogP contribution < -0.4 is 4.72 Å². The van der Waals surface area contributed by atoms with Gasteiger partial charge in [0.05, 0.1) is 6.26 Å². The van der Waals surface area contributed by atoms with Crippen molar-refractivity contribution in [3.8, 4) is 0 Å². The Morgan fingerprint density at radius 2 is 1.38 bits per heavy atom. The maximum Gasteiger partial charge on any atom is 0.329 e. The van der Waals surface area contributed by atoms with Crippen molar-refractivity contribution in [2.45, 2.75) is 12.5 Å². The summed E-state index contributed by atoms with van der Waals surface area (Å²) >= 11 is 0. The second-order valence-corrected chi connectivity index (χ2v) is 6.87. The maximum absolute atomic E-state index is 13.0. The number of carboxylic acids is 1. The van der Waals surface area contributed by atoms with Gasteiger partial charge in [-0.2, -0.15) is 4.72 Å². The molecular weight excluding hydrogens is 340 g/mol. The molecule has 2 aromatic carbocycles. The molecule has 2 aromatic rings. The van der Waals surface area contributed by atoms with Crippen molar-refractivity contribution in [2.75, 3.05) is 6.26 Å². The molecule has 0 aromatic heterocycles. The molecule has 8 heteroatoms. The monoisotopic (exact) mass is 357 g/mol. The number of hydrogen-bond acceptors (Lipinski definition) is 3. The van der Waals surface area contributed by atoms with E-state index in [0.717, 1.165) is 25.3 Å². The fourth-order valence-electron chi connectivity index (χ4n) is 1.82. The van der Waals surface area contributed by atoms with Crippen molar-refractivity contribution in [1.82, 2.24) is 4.72 Å². The minimum absolute atomic E-state index is 0.335. The normalized spacial score (nSPS) is 13.3. The van der Waals surface area contributed by atoms with E-state index in [1.807, 2.05) is 41.1 Å². The summed E-state index contributed by atoms with van der Waals surface area (Å²) in [6.07, 6.45) is 0.754. The van der Waals surface area contributed by atoms with E-state index in [1.165, 1.54) is 0 Å². The number of aliphatic carboxylic acids is 1. The number of benzene rings is 2. The van der Waals surface area contributed by atoms with E-state index in [0.29, 0.717) is 6.07 Å². The van der Waals surface area contributed by atoms with Gasteiger partial charge in [0.2, 0.25) is 10.0 Å². The lowest BCUT2D eigenvalue weighted by atomic mass is 9.93. The topological polar surface area (TPSA) is 83.5 Å². The molecule has 0 amide bonds. The maximum atomic E-state index is 13.0. The SMILES string of the molecule is CC(NS(C)(=O)=O)(C(=O)O)c1cc(F)cc(F)c1.c1ccccc1. The molecule has 5 nitrogen and oxygen atoms in total. The molecule has 1 unspecified atom stereocenters. The van der Waals surface area contributed by atoms with Gasteiger partial charge in [-0.15, -0.1) is 0 Å². The van der Waals surface area contributed by atoms with Gasteiger partial charge in [0, 0.05) is 6.07 Å². The van der Waals surface area contributed by atoms with E-state index in [4.69, 9.17) is 5.11 Å². The van der Waals surface area contributed by atoms with Crippen LogP contribution in [-0.2, 0) is 20.4 Å². The van der Waals surface area contributed by atoms with Crippen LogP contribution in [0.3, 0.4) is 0 Å². The molecule has 0 saturated heterocycles. The van der Waals surface area contributed by atoms with Crippen LogP contribution in [0.1, 0.15) is 12.5 Å². The third kappa shape index (κ3) is 6.05. The first kappa shape index (κ1) is 19.7. The molecule has 0 aliphatic heterocycles. The predicted octanol–water partition coefficient (Wildman–Crippen LogP) is 2.50. The Balaban J connectivity index is 0.000000400. The Morgan fingerprint density at radius 1 is 1.00 bits per heavy atom. The van der Waals surface area contributed by atoms with Crippen LogP contribution >= 0.6 is 0 Å². The average Bonchev–Trinajstić information content (AvgIpc) is 2.46. The standard InChI is InChI=1S/C10H11F2NO4S.C6H6/c1-10(9(14)15,13-18(2,16)17)6-3-7(11)5-8(12)4-6;1-2-4-6-5-3-1/h3-5,13H,1-2H3,(H,14,15);1-6H. The summed E-state index contributed by atoms with van der Waals surface area (Å²) in [7, 11) is -3.88. The zero-order valence-corrected chi connectivity index (χ0v) is 13.8. The van der Waals surface area contributed by atoms with Crippen molar-refractivity contribution in [2.24, 2.45) is 0 Å². The minimum Gasteiger partial charge on any atom is -0.480 e. The molecule has 0 heterocycles. The number of halogens is 2. The van der Waals surface area contributed by atoms with E-state index in [2.05, 4.69) is 0 Å². The Morgan fingerprint density at radius 3 is 1.67 bits per heavy atom. The number of carboxylic acid groups (broad SMARTS) is 1. The Hall–Kier alpha value is -2.32. The molecule has 0 aliphatic carbocycles. The minimum atomic E-state index is -3.88. The molecular formula is C16H17F2NO4S. The first-order valence-electron chi connectivity index (χ1n) is 6.73. The van der Waals surface area contributed by atoms with Gasteiger partial charge in [0.15, 0.2) is 5.54 Å². The van der Waals surface area contributed by atoms with Crippen LogP contribution in [0.5, 0.6) is 0 Å². The summed E-state index contributed by atoms with van der Waals surface area (Å²) < 4.78 is 50.2. The number of sulfonamides is 1. The van der Waals surface area contributed by atoms with Gasteiger partial charge in [-0.25, -0.2) is 22.0 Å². The van der Waals surface area contributed by atoms with E-state index in [-0.39, 0.29) is 5.56 Å². The summed E-state index contributed by atoms with van der Waals surface area (Å²) in [6, 6.07) is 14.1. The molecule has 2 rings (SSSR count). The summed E-state index contributed by atoms with van der Waals surface area (Å²) in [5.74, 6) is -3.56. The third-order valence-electron chi connectivity index (χ3n) is 2.92.